The standard InChI is InChI=1S/2C29H24F4N2O2.2CH4/c2*30-22-5-7-23(8-6-22)35-25-14-21-16-34-15-20(21)13-24(25)26(27(35)18-9-11-37-12-10-18)17-1-3-19(4-2-17)28(36)29(31,32)33;;/h2*1-8,13-14,16,18,28,36H,9-12,15H2;2*1H4. The summed E-state index contributed by atoms with van der Waals surface area (Å²) in [5.41, 5.74) is 12.6. The Morgan fingerprint density at radius 2 is 0.829 bits per heavy atom. The van der Waals surface area contributed by atoms with Gasteiger partial charge in [0.2, 0.25) is 0 Å². The highest BCUT2D eigenvalue weighted by molar-refractivity contribution is 6.04. The van der Waals surface area contributed by atoms with Crippen molar-refractivity contribution in [2.75, 3.05) is 26.4 Å². The van der Waals surface area contributed by atoms with Crippen LogP contribution >= 0.6 is 0 Å². The Morgan fingerprint density at radius 3 is 1.16 bits per heavy atom. The third kappa shape index (κ3) is 10.2. The van der Waals surface area contributed by atoms with Crippen LogP contribution in [-0.2, 0) is 22.6 Å². The Labute approximate surface area is 434 Å². The summed E-state index contributed by atoms with van der Waals surface area (Å²) < 4.78 is 122. The molecule has 76 heavy (non-hydrogen) atoms. The molecule has 2 atom stereocenters. The number of aliphatic imine (C=N–C) groups is 2. The maximum atomic E-state index is 13.9. The first-order valence-corrected chi connectivity index (χ1v) is 24.4. The summed E-state index contributed by atoms with van der Waals surface area (Å²) in [6, 6.07) is 32.9. The summed E-state index contributed by atoms with van der Waals surface area (Å²) in [7, 11) is 0. The molecule has 8 aromatic rings. The molecule has 16 heteroatoms. The van der Waals surface area contributed by atoms with Crippen LogP contribution in [0.2, 0.25) is 0 Å². The molecular weight excluding hydrogens is 993 g/mol. The second-order valence-corrected chi connectivity index (χ2v) is 19.1. The van der Waals surface area contributed by atoms with Crippen molar-refractivity contribution in [2.45, 2.75) is 90.0 Å². The van der Waals surface area contributed by atoms with Crippen LogP contribution in [0, 0.1) is 11.6 Å². The van der Waals surface area contributed by atoms with E-state index in [1.165, 1.54) is 48.5 Å². The van der Waals surface area contributed by atoms with Crippen LogP contribution in [0.3, 0.4) is 0 Å². The van der Waals surface area contributed by atoms with Gasteiger partial charge in [0.25, 0.3) is 0 Å². The van der Waals surface area contributed by atoms with E-state index < -0.39 is 24.6 Å². The van der Waals surface area contributed by atoms with Gasteiger partial charge in [0.05, 0.1) is 24.1 Å². The first kappa shape index (κ1) is 53.8. The van der Waals surface area contributed by atoms with Gasteiger partial charge in [-0.25, -0.2) is 8.78 Å². The normalized spacial score (nSPS) is 16.4. The average molecular weight is 1050 g/mol. The number of aliphatic hydroxyl groups excluding tert-OH is 2. The Balaban J connectivity index is 0.000000181. The van der Waals surface area contributed by atoms with Gasteiger partial charge >= 0.3 is 12.4 Å². The smallest absolute Gasteiger partial charge is 0.381 e. The molecule has 2 N–H and O–H groups in total. The Hall–Kier alpha value is -6.98. The van der Waals surface area contributed by atoms with E-state index in [0.29, 0.717) is 39.5 Å². The zero-order valence-electron chi connectivity index (χ0n) is 39.6. The zero-order chi connectivity index (χ0) is 51.5. The fourth-order valence-electron chi connectivity index (χ4n) is 10.9. The molecule has 6 aromatic carbocycles. The van der Waals surface area contributed by atoms with E-state index in [4.69, 9.17) is 9.47 Å². The monoisotopic (exact) mass is 1050 g/mol. The van der Waals surface area contributed by atoms with Gasteiger partial charge < -0.3 is 28.8 Å². The van der Waals surface area contributed by atoms with E-state index in [1.807, 2.05) is 12.4 Å². The average Bonchev–Trinajstić information content (AvgIpc) is 4.21. The largest absolute Gasteiger partial charge is 0.418 e. The Kier molecular flexibility index (Phi) is 15.3. The lowest BCUT2D eigenvalue weighted by Crippen LogP contribution is -2.20. The summed E-state index contributed by atoms with van der Waals surface area (Å²) in [4.78, 5) is 8.80. The highest BCUT2D eigenvalue weighted by Crippen LogP contribution is 2.47. The molecule has 0 bridgehead atoms. The van der Waals surface area contributed by atoms with Crippen molar-refractivity contribution >= 4 is 34.2 Å². The minimum atomic E-state index is -4.74. The van der Waals surface area contributed by atoms with Gasteiger partial charge in [-0.1, -0.05) is 63.4 Å². The van der Waals surface area contributed by atoms with Crippen molar-refractivity contribution in [3.05, 3.63) is 178 Å². The fourth-order valence-corrected chi connectivity index (χ4v) is 10.9. The van der Waals surface area contributed by atoms with Crippen LogP contribution < -0.4 is 0 Å². The number of fused-ring (bicyclic) bond motifs is 4. The Morgan fingerprint density at radius 1 is 0.487 bits per heavy atom. The van der Waals surface area contributed by atoms with E-state index in [-0.39, 0.29) is 49.5 Å². The molecule has 2 aromatic heterocycles. The highest BCUT2D eigenvalue weighted by atomic mass is 19.4. The lowest BCUT2D eigenvalue weighted by molar-refractivity contribution is -0.207. The number of ether oxygens (including phenoxy) is 2. The van der Waals surface area contributed by atoms with E-state index in [9.17, 15) is 45.3 Å². The van der Waals surface area contributed by atoms with Crippen LogP contribution in [0.4, 0.5) is 35.1 Å². The molecule has 0 spiro atoms. The first-order chi connectivity index (χ1) is 35.6. The molecule has 2 saturated heterocycles. The first-order valence-electron chi connectivity index (χ1n) is 24.4. The number of benzene rings is 6. The molecule has 396 valence electrons. The summed E-state index contributed by atoms with van der Waals surface area (Å²) in [5.74, 6) is -0.407. The molecule has 0 aliphatic carbocycles. The summed E-state index contributed by atoms with van der Waals surface area (Å²) in [6.07, 6.45) is -7.73. The van der Waals surface area contributed by atoms with Gasteiger partial charge in [-0.05, 0) is 143 Å². The number of halogens is 8. The van der Waals surface area contributed by atoms with Crippen LogP contribution in [0.5, 0.6) is 0 Å². The molecule has 12 rings (SSSR count). The molecule has 6 heterocycles. The summed E-state index contributed by atoms with van der Waals surface area (Å²) in [5, 5.41) is 21.4. The SMILES string of the molecule is C.C.OC(c1ccc(-c2c(C3CCOCC3)n(-c3ccc(F)cc3)c3cc4c(cc23)CN=C4)cc1)C(F)(F)F.OC(c1ccc(-c2c(C3CCOCC3)n(-c3ccc(F)cc3)c3cc4c(cc23)CN=C4)cc1)C(F)(F)F. The quantitative estimate of drug-likeness (QED) is 0.148. The number of aromatic nitrogens is 2. The van der Waals surface area contributed by atoms with Crippen molar-refractivity contribution in [1.82, 2.24) is 9.13 Å². The second-order valence-electron chi connectivity index (χ2n) is 19.1. The third-order valence-corrected chi connectivity index (χ3v) is 14.5. The topological polar surface area (TPSA) is 93.5 Å². The van der Waals surface area contributed by atoms with Gasteiger partial charge in [0, 0.05) is 95.4 Å². The van der Waals surface area contributed by atoms with Crippen LogP contribution in [0.15, 0.2) is 131 Å². The number of hydrogen-bond donors (Lipinski definition) is 2. The van der Waals surface area contributed by atoms with Crippen molar-refractivity contribution in [2.24, 2.45) is 9.98 Å². The maximum Gasteiger partial charge on any atom is 0.418 e. The number of nitrogens with zero attached hydrogens (tertiary/aromatic N) is 4. The minimum Gasteiger partial charge on any atom is -0.381 e. The van der Waals surface area contributed by atoms with Gasteiger partial charge in [-0.2, -0.15) is 26.3 Å². The van der Waals surface area contributed by atoms with E-state index in [1.54, 1.807) is 48.5 Å². The fraction of sp³-hybridized carbons (Fsp3) is 0.300. The minimum absolute atomic E-state index is 0. The van der Waals surface area contributed by atoms with Crippen LogP contribution in [-0.4, -0.2) is 70.6 Å². The molecule has 0 amide bonds. The molecule has 4 aliphatic heterocycles. The highest BCUT2D eigenvalue weighted by Gasteiger charge is 2.41. The number of hydrogen-bond acceptors (Lipinski definition) is 6. The molecule has 2 fully saturated rings. The molecule has 4 aliphatic rings. The van der Waals surface area contributed by atoms with Crippen molar-refractivity contribution in [1.29, 1.82) is 0 Å². The van der Waals surface area contributed by atoms with E-state index >= 15 is 0 Å². The zero-order valence-corrected chi connectivity index (χ0v) is 39.6. The predicted molar refractivity (Wildman–Crippen MR) is 281 cm³/mol. The number of rotatable bonds is 8. The molecular formula is C60H56F8N4O4. The summed E-state index contributed by atoms with van der Waals surface area (Å²) >= 11 is 0. The van der Waals surface area contributed by atoms with Gasteiger partial charge in [0.1, 0.15) is 11.6 Å². The Bertz CT molecular complexity index is 3190. The van der Waals surface area contributed by atoms with Gasteiger partial charge in [-0.3, -0.25) is 9.98 Å². The molecule has 0 saturated carbocycles. The summed E-state index contributed by atoms with van der Waals surface area (Å²) in [6.45, 7) is 3.55. The van der Waals surface area contributed by atoms with Crippen LogP contribution in [0.1, 0.15) is 109 Å². The third-order valence-electron chi connectivity index (χ3n) is 14.5. The second kappa shape index (κ2) is 21.6. The lowest BCUT2D eigenvalue weighted by atomic mass is 9.89. The van der Waals surface area contributed by atoms with Crippen molar-refractivity contribution < 1.29 is 54.8 Å². The molecule has 0 radical (unpaired) electrons. The van der Waals surface area contributed by atoms with Crippen molar-refractivity contribution in [3.8, 4) is 33.6 Å². The molecule has 8 nitrogen and oxygen atoms in total. The van der Waals surface area contributed by atoms with E-state index in [0.717, 1.165) is 115 Å². The van der Waals surface area contributed by atoms with E-state index in [2.05, 4.69) is 43.4 Å². The number of aliphatic hydroxyl groups is 2. The van der Waals surface area contributed by atoms with Crippen molar-refractivity contribution in [3.63, 3.8) is 0 Å². The van der Waals surface area contributed by atoms with Gasteiger partial charge in [0.15, 0.2) is 12.2 Å². The maximum absolute atomic E-state index is 13.9. The number of alkyl halides is 6. The van der Waals surface area contributed by atoms with Gasteiger partial charge in [-0.15, -0.1) is 0 Å². The van der Waals surface area contributed by atoms with Crippen LogP contribution in [0.25, 0.3) is 55.4 Å². The molecule has 2 unspecified atom stereocenters. The lowest BCUT2D eigenvalue weighted by Gasteiger charge is -2.26. The predicted octanol–water partition coefficient (Wildman–Crippen LogP) is 15.0.